The molecule has 0 amide bonds. The van der Waals surface area contributed by atoms with Crippen LogP contribution >= 0.6 is 11.6 Å². The molecule has 0 aliphatic heterocycles. The van der Waals surface area contributed by atoms with Gasteiger partial charge in [0.1, 0.15) is 5.38 Å². The van der Waals surface area contributed by atoms with Crippen molar-refractivity contribution in [1.82, 2.24) is 0 Å². The van der Waals surface area contributed by atoms with Crippen LogP contribution in [0.4, 0.5) is 14.5 Å². The second-order valence-corrected chi connectivity index (χ2v) is 3.75. The van der Waals surface area contributed by atoms with Crippen LogP contribution in [0.25, 0.3) is 0 Å². The zero-order valence-electron chi connectivity index (χ0n) is 8.69. The molecule has 92 valence electrons. The van der Waals surface area contributed by atoms with Crippen LogP contribution in [-0.2, 0) is 4.79 Å². The molecule has 4 nitrogen and oxygen atoms in total. The van der Waals surface area contributed by atoms with Crippen LogP contribution in [0.1, 0.15) is 29.9 Å². The van der Waals surface area contributed by atoms with Crippen LogP contribution in [0.2, 0.25) is 0 Å². The number of nitro benzene ring substituents is 1. The van der Waals surface area contributed by atoms with Gasteiger partial charge in [0, 0.05) is 11.6 Å². The lowest BCUT2D eigenvalue weighted by atomic mass is 10.0. The van der Waals surface area contributed by atoms with Crippen LogP contribution in [0, 0.1) is 10.1 Å². The fourth-order valence-electron chi connectivity index (χ4n) is 1.40. The molecule has 0 aromatic heterocycles. The molecule has 1 aromatic rings. The molecule has 1 atom stereocenters. The van der Waals surface area contributed by atoms with E-state index in [0.29, 0.717) is 0 Å². The number of benzene rings is 1. The van der Waals surface area contributed by atoms with Crippen molar-refractivity contribution in [3.63, 3.8) is 0 Å². The van der Waals surface area contributed by atoms with E-state index >= 15 is 0 Å². The Labute approximate surface area is 100 Å². The minimum Gasteiger partial charge on any atom is -0.298 e. The number of hydrogen-bond donors (Lipinski definition) is 0. The van der Waals surface area contributed by atoms with E-state index in [2.05, 4.69) is 0 Å². The van der Waals surface area contributed by atoms with Gasteiger partial charge in [-0.05, 0) is 6.92 Å². The number of ketones is 1. The van der Waals surface area contributed by atoms with E-state index in [1.54, 1.807) is 0 Å². The van der Waals surface area contributed by atoms with Crippen molar-refractivity contribution in [1.29, 1.82) is 0 Å². The number of hydrogen-bond acceptors (Lipinski definition) is 3. The van der Waals surface area contributed by atoms with E-state index in [-0.39, 0.29) is 0 Å². The Kier molecular flexibility index (Phi) is 4.11. The average Bonchev–Trinajstić information content (AvgIpc) is 2.26. The largest absolute Gasteiger partial charge is 0.298 e. The van der Waals surface area contributed by atoms with Crippen molar-refractivity contribution in [2.45, 2.75) is 18.7 Å². The molecule has 0 saturated heterocycles. The van der Waals surface area contributed by atoms with E-state index in [1.165, 1.54) is 0 Å². The SMILES string of the molecule is CC(=O)C(Cl)c1c(C(F)F)cccc1[N+](=O)[O-]. The predicted octanol–water partition coefficient (Wildman–Crippen LogP) is 3.40. The van der Waals surface area contributed by atoms with Gasteiger partial charge in [0.05, 0.1) is 10.5 Å². The van der Waals surface area contributed by atoms with Crippen LogP contribution < -0.4 is 0 Å². The summed E-state index contributed by atoms with van der Waals surface area (Å²) in [6.45, 7) is 1.09. The summed E-state index contributed by atoms with van der Waals surface area (Å²) in [5, 5.41) is 9.27. The molecule has 1 rings (SSSR count). The Morgan fingerprint density at radius 3 is 2.47 bits per heavy atom. The summed E-state index contributed by atoms with van der Waals surface area (Å²) in [6.07, 6.45) is -2.93. The molecular weight excluding hydrogens is 256 g/mol. The minimum atomic E-state index is -2.93. The first-order valence-corrected chi connectivity index (χ1v) is 4.99. The third kappa shape index (κ3) is 2.76. The van der Waals surface area contributed by atoms with Gasteiger partial charge < -0.3 is 0 Å². The second kappa shape index (κ2) is 5.18. The molecule has 1 unspecified atom stereocenters. The minimum absolute atomic E-state index is 0.429. The third-order valence-electron chi connectivity index (χ3n) is 2.16. The van der Waals surface area contributed by atoms with Gasteiger partial charge in [0.25, 0.3) is 12.1 Å². The lowest BCUT2D eigenvalue weighted by Crippen LogP contribution is -2.09. The summed E-state index contributed by atoms with van der Waals surface area (Å²) in [6, 6.07) is 3.19. The summed E-state index contributed by atoms with van der Waals surface area (Å²) in [5.74, 6) is -0.622. The molecule has 0 bridgehead atoms. The molecule has 0 aliphatic carbocycles. The van der Waals surface area contributed by atoms with Crippen molar-refractivity contribution < 1.29 is 18.5 Å². The monoisotopic (exact) mass is 263 g/mol. The average molecular weight is 264 g/mol. The zero-order chi connectivity index (χ0) is 13.2. The van der Waals surface area contributed by atoms with Crippen LogP contribution in [-0.4, -0.2) is 10.7 Å². The van der Waals surface area contributed by atoms with E-state index < -0.39 is 39.3 Å². The molecule has 7 heteroatoms. The molecule has 0 N–H and O–H groups in total. The summed E-state index contributed by atoms with van der Waals surface area (Å²) < 4.78 is 25.4. The summed E-state index contributed by atoms with van der Waals surface area (Å²) in [4.78, 5) is 21.0. The van der Waals surface area contributed by atoms with Crippen LogP contribution in [0.3, 0.4) is 0 Å². The molecule has 1 aromatic carbocycles. The first-order chi connectivity index (χ1) is 7.86. The number of alkyl halides is 3. The number of rotatable bonds is 4. The van der Waals surface area contributed by atoms with E-state index in [0.717, 1.165) is 25.1 Å². The maximum atomic E-state index is 12.7. The van der Waals surface area contributed by atoms with Gasteiger partial charge in [-0.15, -0.1) is 11.6 Å². The first-order valence-electron chi connectivity index (χ1n) is 4.56. The molecule has 0 radical (unpaired) electrons. The smallest absolute Gasteiger partial charge is 0.275 e. The standard InChI is InChI=1S/C10H8ClF2NO3/c1-5(15)9(11)8-6(10(12)13)3-2-4-7(8)14(16)17/h2-4,9-10H,1H3. The zero-order valence-corrected chi connectivity index (χ0v) is 9.45. The Balaban J connectivity index is 3.49. The predicted molar refractivity (Wildman–Crippen MR) is 57.3 cm³/mol. The highest BCUT2D eigenvalue weighted by atomic mass is 35.5. The Morgan fingerprint density at radius 2 is 2.06 bits per heavy atom. The number of carbonyl (C=O) groups excluding carboxylic acids is 1. The van der Waals surface area contributed by atoms with Crippen LogP contribution in [0.15, 0.2) is 18.2 Å². The number of Topliss-reactive ketones (excluding diaryl/α,β-unsaturated/α-hetero) is 1. The van der Waals surface area contributed by atoms with Gasteiger partial charge in [-0.1, -0.05) is 12.1 Å². The third-order valence-corrected chi connectivity index (χ3v) is 2.68. The first kappa shape index (κ1) is 13.5. The Bertz CT molecular complexity index is 465. The highest BCUT2D eigenvalue weighted by Gasteiger charge is 2.29. The van der Waals surface area contributed by atoms with Crippen molar-refractivity contribution >= 4 is 23.1 Å². The Hall–Kier alpha value is -1.56. The number of carbonyl (C=O) groups is 1. The van der Waals surface area contributed by atoms with Crippen LogP contribution in [0.5, 0.6) is 0 Å². The van der Waals surface area contributed by atoms with E-state index in [4.69, 9.17) is 11.6 Å². The van der Waals surface area contributed by atoms with Gasteiger partial charge in [-0.25, -0.2) is 8.78 Å². The van der Waals surface area contributed by atoms with E-state index in [1.807, 2.05) is 0 Å². The van der Waals surface area contributed by atoms with Gasteiger partial charge in [0.2, 0.25) is 0 Å². The second-order valence-electron chi connectivity index (χ2n) is 3.31. The molecule has 0 fully saturated rings. The highest BCUT2D eigenvalue weighted by Crippen LogP contribution is 2.37. The summed E-state index contributed by atoms with van der Waals surface area (Å²) in [7, 11) is 0. The fourth-order valence-corrected chi connectivity index (χ4v) is 1.64. The van der Waals surface area contributed by atoms with Crippen molar-refractivity contribution in [3.05, 3.63) is 39.4 Å². The lowest BCUT2D eigenvalue weighted by molar-refractivity contribution is -0.385. The van der Waals surface area contributed by atoms with Crippen molar-refractivity contribution in [3.8, 4) is 0 Å². The summed E-state index contributed by atoms with van der Waals surface area (Å²) >= 11 is 5.65. The van der Waals surface area contributed by atoms with Gasteiger partial charge in [-0.2, -0.15) is 0 Å². The number of nitrogens with zero attached hydrogens (tertiary/aromatic N) is 1. The normalized spacial score (nSPS) is 12.5. The lowest BCUT2D eigenvalue weighted by Gasteiger charge is -2.12. The topological polar surface area (TPSA) is 60.2 Å². The van der Waals surface area contributed by atoms with Crippen molar-refractivity contribution in [2.75, 3.05) is 0 Å². The quantitative estimate of drug-likeness (QED) is 0.475. The highest BCUT2D eigenvalue weighted by molar-refractivity contribution is 6.31. The molecule has 0 heterocycles. The molecule has 0 saturated carbocycles. The number of nitro groups is 1. The van der Waals surface area contributed by atoms with E-state index in [9.17, 15) is 23.7 Å². The maximum absolute atomic E-state index is 12.7. The van der Waals surface area contributed by atoms with Gasteiger partial charge in [0.15, 0.2) is 5.78 Å². The summed E-state index contributed by atoms with van der Waals surface area (Å²) in [5.41, 5.74) is -1.59. The molecular formula is C10H8ClF2NO3. The Morgan fingerprint density at radius 1 is 1.47 bits per heavy atom. The van der Waals surface area contributed by atoms with Crippen molar-refractivity contribution in [2.24, 2.45) is 0 Å². The maximum Gasteiger partial charge on any atom is 0.275 e. The van der Waals surface area contributed by atoms with Gasteiger partial charge in [-0.3, -0.25) is 14.9 Å². The van der Waals surface area contributed by atoms with Gasteiger partial charge >= 0.3 is 0 Å². The molecule has 17 heavy (non-hydrogen) atoms. The molecule has 0 aliphatic rings. The fraction of sp³-hybridized carbons (Fsp3) is 0.300. The number of halogens is 3. The molecule has 0 spiro atoms.